The lowest BCUT2D eigenvalue weighted by molar-refractivity contribution is 0.0460. The second-order valence-corrected chi connectivity index (χ2v) is 8.04. The Morgan fingerprint density at radius 2 is 1.81 bits per heavy atom. The molecule has 0 heterocycles. The minimum atomic E-state index is -3.17. The highest BCUT2D eigenvalue weighted by Crippen LogP contribution is 2.17. The lowest BCUT2D eigenvalue weighted by atomic mass is 10.1. The number of aliphatic hydroxyl groups is 1. The highest BCUT2D eigenvalue weighted by Gasteiger charge is 2.21. The summed E-state index contributed by atoms with van der Waals surface area (Å²) in [6.07, 6.45) is 0.607. The minimum absolute atomic E-state index is 0.164. The summed E-state index contributed by atoms with van der Waals surface area (Å²) in [4.78, 5) is 2.26. The quantitative estimate of drug-likeness (QED) is 0.763. The highest BCUT2D eigenvalue weighted by molar-refractivity contribution is 7.91. The van der Waals surface area contributed by atoms with Crippen molar-refractivity contribution < 1.29 is 13.5 Å². The van der Waals surface area contributed by atoms with E-state index in [2.05, 4.69) is 5.32 Å². The van der Waals surface area contributed by atoms with Crippen LogP contribution in [0.2, 0.25) is 0 Å². The van der Waals surface area contributed by atoms with Gasteiger partial charge < -0.3 is 15.3 Å². The van der Waals surface area contributed by atoms with Crippen molar-refractivity contribution in [3.05, 3.63) is 24.3 Å². The third-order valence-corrected chi connectivity index (χ3v) is 4.95. The van der Waals surface area contributed by atoms with Crippen LogP contribution in [0.25, 0.3) is 0 Å². The molecule has 5 nitrogen and oxygen atoms in total. The zero-order valence-electron chi connectivity index (χ0n) is 13.3. The third-order valence-electron chi connectivity index (χ3n) is 3.02. The average Bonchev–Trinajstić information content (AvgIpc) is 2.35. The zero-order valence-corrected chi connectivity index (χ0v) is 14.1. The Hall–Kier alpha value is -1.11. The Morgan fingerprint density at radius 3 is 2.29 bits per heavy atom. The second-order valence-electron chi connectivity index (χ2n) is 5.93. The monoisotopic (exact) mass is 314 g/mol. The molecule has 1 aromatic rings. The molecule has 21 heavy (non-hydrogen) atoms. The SMILES string of the molecule is CCCS(=O)(=O)c1ccc(NCC(C)(O)CN(C)C)cc1. The molecule has 120 valence electrons. The number of sulfone groups is 1. The number of rotatable bonds is 8. The molecule has 0 aliphatic rings. The van der Waals surface area contributed by atoms with Crippen molar-refractivity contribution in [2.24, 2.45) is 0 Å². The maximum atomic E-state index is 11.9. The van der Waals surface area contributed by atoms with Crippen molar-refractivity contribution in [2.75, 3.05) is 38.3 Å². The van der Waals surface area contributed by atoms with E-state index in [0.29, 0.717) is 24.4 Å². The van der Waals surface area contributed by atoms with Crippen molar-refractivity contribution in [1.29, 1.82) is 0 Å². The van der Waals surface area contributed by atoms with Crippen LogP contribution in [0.1, 0.15) is 20.3 Å². The van der Waals surface area contributed by atoms with Gasteiger partial charge in [-0.3, -0.25) is 0 Å². The number of likely N-dealkylation sites (N-methyl/N-ethyl adjacent to an activating group) is 1. The van der Waals surface area contributed by atoms with Crippen LogP contribution in [0, 0.1) is 0 Å². The van der Waals surface area contributed by atoms with E-state index in [1.54, 1.807) is 31.2 Å². The number of hydrogen-bond acceptors (Lipinski definition) is 5. The summed E-state index contributed by atoms with van der Waals surface area (Å²) in [5.41, 5.74) is -0.0549. The van der Waals surface area contributed by atoms with Crippen LogP contribution in [0.4, 0.5) is 5.69 Å². The van der Waals surface area contributed by atoms with Gasteiger partial charge in [-0.15, -0.1) is 0 Å². The molecule has 6 heteroatoms. The van der Waals surface area contributed by atoms with Gasteiger partial charge in [-0.1, -0.05) is 6.92 Å². The molecule has 1 rings (SSSR count). The van der Waals surface area contributed by atoms with Crippen molar-refractivity contribution in [1.82, 2.24) is 4.90 Å². The number of nitrogens with zero attached hydrogens (tertiary/aromatic N) is 1. The van der Waals surface area contributed by atoms with Crippen LogP contribution < -0.4 is 5.32 Å². The zero-order chi connectivity index (χ0) is 16.1. The van der Waals surface area contributed by atoms with E-state index in [0.717, 1.165) is 5.69 Å². The van der Waals surface area contributed by atoms with Crippen LogP contribution in [0.3, 0.4) is 0 Å². The molecule has 0 aliphatic carbocycles. The fourth-order valence-corrected chi connectivity index (χ4v) is 3.52. The molecule has 2 N–H and O–H groups in total. The normalized spacial score (nSPS) is 15.0. The van der Waals surface area contributed by atoms with Crippen molar-refractivity contribution in [2.45, 2.75) is 30.8 Å². The number of benzene rings is 1. The van der Waals surface area contributed by atoms with Gasteiger partial charge in [0.05, 0.1) is 16.2 Å². The van der Waals surface area contributed by atoms with Crippen molar-refractivity contribution in [3.63, 3.8) is 0 Å². The first kappa shape index (κ1) is 17.9. The number of anilines is 1. The van der Waals surface area contributed by atoms with Crippen LogP contribution >= 0.6 is 0 Å². The summed E-state index contributed by atoms with van der Waals surface area (Å²) in [5.74, 6) is 0.164. The predicted octanol–water partition coefficient (Wildman–Crippen LogP) is 1.59. The molecule has 0 saturated carbocycles. The summed E-state index contributed by atoms with van der Waals surface area (Å²) in [7, 11) is 0.639. The van der Waals surface area contributed by atoms with E-state index in [9.17, 15) is 13.5 Å². The summed E-state index contributed by atoms with van der Waals surface area (Å²) in [6, 6.07) is 6.67. The first-order valence-electron chi connectivity index (χ1n) is 7.10. The average molecular weight is 314 g/mol. The Kier molecular flexibility index (Phi) is 6.19. The van der Waals surface area contributed by atoms with Gasteiger partial charge in [-0.25, -0.2) is 8.42 Å². The van der Waals surface area contributed by atoms with Gasteiger partial charge in [0, 0.05) is 18.8 Å². The van der Waals surface area contributed by atoms with E-state index in [4.69, 9.17) is 0 Å². The van der Waals surface area contributed by atoms with Crippen LogP contribution in [-0.4, -0.2) is 57.0 Å². The van der Waals surface area contributed by atoms with Crippen LogP contribution in [0.15, 0.2) is 29.2 Å². The molecule has 0 aromatic heterocycles. The molecule has 1 unspecified atom stereocenters. The van der Waals surface area contributed by atoms with Gasteiger partial charge in [0.1, 0.15) is 0 Å². The van der Waals surface area contributed by atoms with Crippen LogP contribution in [-0.2, 0) is 9.84 Å². The summed E-state index contributed by atoms with van der Waals surface area (Å²) in [6.45, 7) is 4.55. The molecule has 0 aliphatic heterocycles. The fraction of sp³-hybridized carbons (Fsp3) is 0.600. The van der Waals surface area contributed by atoms with Gasteiger partial charge >= 0.3 is 0 Å². The fourth-order valence-electron chi connectivity index (χ4n) is 2.20. The molecule has 0 bridgehead atoms. The van der Waals surface area contributed by atoms with E-state index < -0.39 is 15.4 Å². The summed E-state index contributed by atoms with van der Waals surface area (Å²) < 4.78 is 23.8. The first-order chi connectivity index (χ1) is 9.66. The Bertz CT molecular complexity index is 537. The molecular weight excluding hydrogens is 288 g/mol. The van der Waals surface area contributed by atoms with E-state index in [1.807, 2.05) is 25.9 Å². The van der Waals surface area contributed by atoms with Crippen molar-refractivity contribution >= 4 is 15.5 Å². The van der Waals surface area contributed by atoms with Gasteiger partial charge in [0.15, 0.2) is 9.84 Å². The summed E-state index contributed by atoms with van der Waals surface area (Å²) >= 11 is 0. The molecule has 0 amide bonds. The molecule has 0 spiro atoms. The smallest absolute Gasteiger partial charge is 0.178 e. The largest absolute Gasteiger partial charge is 0.387 e. The number of hydrogen-bond donors (Lipinski definition) is 2. The van der Waals surface area contributed by atoms with Gasteiger partial charge in [0.2, 0.25) is 0 Å². The molecule has 1 aromatic carbocycles. The van der Waals surface area contributed by atoms with Crippen LogP contribution in [0.5, 0.6) is 0 Å². The highest BCUT2D eigenvalue weighted by atomic mass is 32.2. The molecule has 0 saturated heterocycles. The Balaban J connectivity index is 2.68. The standard InChI is InChI=1S/C15H26N2O3S/c1-5-10-21(19,20)14-8-6-13(7-9-14)16-11-15(2,18)12-17(3)4/h6-9,16,18H,5,10-12H2,1-4H3. The van der Waals surface area contributed by atoms with E-state index in [-0.39, 0.29) is 5.75 Å². The van der Waals surface area contributed by atoms with Gasteiger partial charge in [-0.2, -0.15) is 0 Å². The topological polar surface area (TPSA) is 69.6 Å². The Morgan fingerprint density at radius 1 is 1.24 bits per heavy atom. The lowest BCUT2D eigenvalue weighted by Crippen LogP contribution is -2.43. The molecular formula is C15H26N2O3S. The lowest BCUT2D eigenvalue weighted by Gasteiger charge is -2.27. The Labute approximate surface area is 127 Å². The minimum Gasteiger partial charge on any atom is -0.387 e. The number of nitrogens with one attached hydrogen (secondary N) is 1. The molecule has 1 atom stereocenters. The summed E-state index contributed by atoms with van der Waals surface area (Å²) in [5, 5.41) is 13.3. The second kappa shape index (κ2) is 7.24. The molecule has 0 radical (unpaired) electrons. The predicted molar refractivity (Wildman–Crippen MR) is 86.5 cm³/mol. The molecule has 0 fully saturated rings. The van der Waals surface area contributed by atoms with Crippen molar-refractivity contribution in [3.8, 4) is 0 Å². The first-order valence-corrected chi connectivity index (χ1v) is 8.75. The van der Waals surface area contributed by atoms with Gasteiger partial charge in [0.25, 0.3) is 0 Å². The maximum absolute atomic E-state index is 11.9. The van der Waals surface area contributed by atoms with Gasteiger partial charge in [-0.05, 0) is 51.7 Å². The van der Waals surface area contributed by atoms with E-state index in [1.165, 1.54) is 0 Å². The van der Waals surface area contributed by atoms with E-state index >= 15 is 0 Å². The third kappa shape index (κ3) is 6.03. The maximum Gasteiger partial charge on any atom is 0.178 e.